The van der Waals surface area contributed by atoms with Gasteiger partial charge in [0.25, 0.3) is 10.0 Å². The number of ether oxygens (including phenoxy) is 1. The Balaban J connectivity index is 2.00. The summed E-state index contributed by atoms with van der Waals surface area (Å²) in [7, 11) is -3.72. The maximum Gasteiger partial charge on any atom is 0.264 e. The number of rotatable bonds is 7. The predicted molar refractivity (Wildman–Crippen MR) is 118 cm³/mol. The molecule has 3 rings (SSSR count). The van der Waals surface area contributed by atoms with Gasteiger partial charge >= 0.3 is 0 Å². The maximum atomic E-state index is 13.4. The van der Waals surface area contributed by atoms with Gasteiger partial charge < -0.3 is 4.74 Å². The summed E-state index contributed by atoms with van der Waals surface area (Å²) in [5.41, 5.74) is 3.77. The fraction of sp³-hybridized carbons (Fsp3) is 0.250. The minimum atomic E-state index is -3.72. The molecular formula is C24H27NO3S. The fourth-order valence-electron chi connectivity index (χ4n) is 3.16. The van der Waals surface area contributed by atoms with Gasteiger partial charge in [-0.1, -0.05) is 54.1 Å². The zero-order valence-corrected chi connectivity index (χ0v) is 18.1. The molecule has 4 nitrogen and oxygen atoms in total. The van der Waals surface area contributed by atoms with Crippen LogP contribution in [-0.2, 0) is 16.6 Å². The van der Waals surface area contributed by atoms with E-state index in [1.54, 1.807) is 30.3 Å². The van der Waals surface area contributed by atoms with Crippen LogP contribution >= 0.6 is 0 Å². The quantitative estimate of drug-likeness (QED) is 0.519. The van der Waals surface area contributed by atoms with E-state index in [0.717, 1.165) is 11.1 Å². The highest BCUT2D eigenvalue weighted by molar-refractivity contribution is 7.92. The highest BCUT2D eigenvalue weighted by Crippen LogP contribution is 2.35. The third-order valence-corrected chi connectivity index (χ3v) is 6.64. The van der Waals surface area contributed by atoms with Crippen molar-refractivity contribution < 1.29 is 13.2 Å². The summed E-state index contributed by atoms with van der Waals surface area (Å²) in [6, 6.07) is 22.0. The molecule has 152 valence electrons. The molecule has 3 aromatic rings. The van der Waals surface area contributed by atoms with E-state index in [2.05, 4.69) is 0 Å². The Morgan fingerprint density at radius 2 is 1.48 bits per heavy atom. The molecule has 0 radical (unpaired) electrons. The first-order chi connectivity index (χ1) is 13.8. The second kappa shape index (κ2) is 8.70. The van der Waals surface area contributed by atoms with Crippen molar-refractivity contribution >= 4 is 15.7 Å². The van der Waals surface area contributed by atoms with Crippen LogP contribution in [0.25, 0.3) is 0 Å². The number of sulfonamides is 1. The molecule has 0 atom stereocenters. The van der Waals surface area contributed by atoms with Crippen LogP contribution in [0.3, 0.4) is 0 Å². The monoisotopic (exact) mass is 409 g/mol. The minimum Gasteiger partial charge on any atom is -0.487 e. The molecule has 0 unspecified atom stereocenters. The maximum absolute atomic E-state index is 13.4. The van der Waals surface area contributed by atoms with E-state index >= 15 is 0 Å². The van der Waals surface area contributed by atoms with Gasteiger partial charge in [-0.05, 0) is 63.1 Å². The standard InChI is InChI=1S/C24H27NO3S/c1-18(2)25(29(26,27)22-8-6-5-7-9-22)23-15-12-20(4)16-24(23)28-17-21-13-10-19(3)11-14-21/h5-16,18H,17H2,1-4H3. The molecule has 0 aliphatic carbocycles. The van der Waals surface area contributed by atoms with Gasteiger partial charge in [0.2, 0.25) is 0 Å². The van der Waals surface area contributed by atoms with E-state index in [9.17, 15) is 8.42 Å². The first-order valence-corrected chi connectivity index (χ1v) is 11.1. The number of hydrogen-bond acceptors (Lipinski definition) is 3. The SMILES string of the molecule is Cc1ccc(COc2cc(C)ccc2N(C(C)C)S(=O)(=O)c2ccccc2)cc1. The highest BCUT2D eigenvalue weighted by atomic mass is 32.2. The molecule has 5 heteroatoms. The van der Waals surface area contributed by atoms with Crippen molar-refractivity contribution in [1.29, 1.82) is 0 Å². The number of nitrogens with zero attached hydrogens (tertiary/aromatic N) is 1. The van der Waals surface area contributed by atoms with E-state index in [1.165, 1.54) is 9.87 Å². The van der Waals surface area contributed by atoms with Crippen molar-refractivity contribution in [3.63, 3.8) is 0 Å². The Labute approximate surface area is 173 Å². The lowest BCUT2D eigenvalue weighted by Gasteiger charge is -2.30. The summed E-state index contributed by atoms with van der Waals surface area (Å²) in [6.07, 6.45) is 0. The van der Waals surface area contributed by atoms with E-state index in [-0.39, 0.29) is 10.9 Å². The van der Waals surface area contributed by atoms with Crippen LogP contribution < -0.4 is 9.04 Å². The molecule has 0 saturated heterocycles. The Hall–Kier alpha value is -2.79. The van der Waals surface area contributed by atoms with Crippen molar-refractivity contribution in [2.75, 3.05) is 4.31 Å². The van der Waals surface area contributed by atoms with Crippen molar-refractivity contribution in [1.82, 2.24) is 0 Å². The molecule has 0 amide bonds. The highest BCUT2D eigenvalue weighted by Gasteiger charge is 2.29. The van der Waals surface area contributed by atoms with Crippen LogP contribution in [0.15, 0.2) is 77.7 Å². The molecule has 0 N–H and O–H groups in total. The van der Waals surface area contributed by atoms with E-state index in [1.807, 2.05) is 70.2 Å². The minimum absolute atomic E-state index is 0.263. The molecule has 29 heavy (non-hydrogen) atoms. The Morgan fingerprint density at radius 1 is 0.862 bits per heavy atom. The summed E-state index contributed by atoms with van der Waals surface area (Å²) in [6.45, 7) is 8.11. The largest absolute Gasteiger partial charge is 0.487 e. The topological polar surface area (TPSA) is 46.6 Å². The lowest BCUT2D eigenvalue weighted by molar-refractivity contribution is 0.306. The summed E-state index contributed by atoms with van der Waals surface area (Å²) in [5, 5.41) is 0. The number of benzene rings is 3. The Morgan fingerprint density at radius 3 is 2.10 bits per heavy atom. The van der Waals surface area contributed by atoms with Gasteiger partial charge in [0.15, 0.2) is 0 Å². The third-order valence-electron chi connectivity index (χ3n) is 4.64. The van der Waals surface area contributed by atoms with Crippen molar-refractivity contribution in [3.05, 3.63) is 89.5 Å². The second-order valence-corrected chi connectivity index (χ2v) is 9.27. The zero-order valence-electron chi connectivity index (χ0n) is 17.3. The first-order valence-electron chi connectivity index (χ1n) is 9.67. The molecule has 0 heterocycles. The van der Waals surface area contributed by atoms with Crippen LogP contribution in [0.5, 0.6) is 5.75 Å². The lowest BCUT2D eigenvalue weighted by Crippen LogP contribution is -2.37. The molecule has 3 aromatic carbocycles. The van der Waals surface area contributed by atoms with E-state index in [4.69, 9.17) is 4.74 Å². The summed E-state index contributed by atoms with van der Waals surface area (Å²) < 4.78 is 34.3. The normalized spacial score (nSPS) is 11.5. The van der Waals surface area contributed by atoms with Crippen LogP contribution in [0.4, 0.5) is 5.69 Å². The third kappa shape index (κ3) is 4.80. The van der Waals surface area contributed by atoms with Gasteiger partial charge in [0.1, 0.15) is 12.4 Å². The Bertz CT molecular complexity index is 1060. The average Bonchev–Trinajstić information content (AvgIpc) is 2.69. The summed E-state index contributed by atoms with van der Waals surface area (Å²) >= 11 is 0. The van der Waals surface area contributed by atoms with E-state index < -0.39 is 10.0 Å². The van der Waals surface area contributed by atoms with Gasteiger partial charge in [0, 0.05) is 6.04 Å². The zero-order chi connectivity index (χ0) is 21.0. The fourth-order valence-corrected chi connectivity index (χ4v) is 4.85. The van der Waals surface area contributed by atoms with E-state index in [0.29, 0.717) is 18.0 Å². The second-order valence-electron chi connectivity index (χ2n) is 7.45. The molecule has 0 bridgehead atoms. The molecule has 0 aliphatic heterocycles. The van der Waals surface area contributed by atoms with Crippen LogP contribution in [0.1, 0.15) is 30.5 Å². The van der Waals surface area contributed by atoms with Gasteiger partial charge in [-0.2, -0.15) is 0 Å². The van der Waals surface area contributed by atoms with Gasteiger partial charge in [-0.25, -0.2) is 8.42 Å². The summed E-state index contributed by atoms with van der Waals surface area (Å²) in [4.78, 5) is 0.263. The van der Waals surface area contributed by atoms with Crippen LogP contribution in [-0.4, -0.2) is 14.5 Å². The first kappa shape index (κ1) is 20.9. The van der Waals surface area contributed by atoms with Gasteiger partial charge in [-0.15, -0.1) is 0 Å². The molecule has 0 saturated carbocycles. The van der Waals surface area contributed by atoms with Crippen LogP contribution in [0.2, 0.25) is 0 Å². The van der Waals surface area contributed by atoms with Crippen molar-refractivity contribution in [2.45, 2.75) is 45.2 Å². The van der Waals surface area contributed by atoms with Crippen molar-refractivity contribution in [3.8, 4) is 5.75 Å². The van der Waals surface area contributed by atoms with Crippen LogP contribution in [0, 0.1) is 13.8 Å². The number of anilines is 1. The van der Waals surface area contributed by atoms with Gasteiger partial charge in [0.05, 0.1) is 10.6 Å². The van der Waals surface area contributed by atoms with Gasteiger partial charge in [-0.3, -0.25) is 4.31 Å². The molecule has 0 aromatic heterocycles. The van der Waals surface area contributed by atoms with Crippen molar-refractivity contribution in [2.24, 2.45) is 0 Å². The predicted octanol–water partition coefficient (Wildman–Crippen LogP) is 5.49. The smallest absolute Gasteiger partial charge is 0.264 e. The lowest BCUT2D eigenvalue weighted by atomic mass is 10.1. The molecule has 0 fully saturated rings. The summed E-state index contributed by atoms with van der Waals surface area (Å²) in [5.74, 6) is 0.554. The Kier molecular flexibility index (Phi) is 6.28. The number of hydrogen-bond donors (Lipinski definition) is 0. The molecule has 0 spiro atoms. The molecule has 0 aliphatic rings. The molecular weight excluding hydrogens is 382 g/mol. The average molecular weight is 410 g/mol. The number of aryl methyl sites for hydroxylation is 2.